The lowest BCUT2D eigenvalue weighted by molar-refractivity contribution is 0.291. The van der Waals surface area contributed by atoms with Gasteiger partial charge in [-0.1, -0.05) is 6.07 Å². The Balaban J connectivity index is 1.73. The first-order chi connectivity index (χ1) is 11.7. The molecule has 1 aliphatic rings. The molecule has 0 unspecified atom stereocenters. The number of nitrogens with zero attached hydrogens (tertiary/aromatic N) is 2. The Morgan fingerprint density at radius 3 is 2.92 bits per heavy atom. The van der Waals surface area contributed by atoms with Crippen molar-refractivity contribution in [1.82, 2.24) is 15.2 Å². The third kappa shape index (κ3) is 2.99. The van der Waals surface area contributed by atoms with Crippen molar-refractivity contribution >= 4 is 44.6 Å². The van der Waals surface area contributed by atoms with Crippen LogP contribution in [0, 0.1) is 0 Å². The molecule has 3 aromatic rings. The predicted octanol–water partition coefficient (Wildman–Crippen LogP) is 4.67. The molecule has 1 N–H and O–H groups in total. The number of aromatic nitrogens is 1. The SMILES string of the molecule is S=C1N[C@@H](c2ccccn2)[C@H](c2cc(Br)cs2)N1Cc1ccco1. The second-order valence-corrected chi connectivity index (χ2v) is 7.75. The minimum Gasteiger partial charge on any atom is -0.467 e. The van der Waals surface area contributed by atoms with Gasteiger partial charge < -0.3 is 14.6 Å². The number of thiocarbonyl (C=S) groups is 1. The molecule has 0 spiro atoms. The number of hydrogen-bond donors (Lipinski definition) is 1. The van der Waals surface area contributed by atoms with E-state index in [1.807, 2.05) is 36.5 Å². The molecule has 0 radical (unpaired) electrons. The summed E-state index contributed by atoms with van der Waals surface area (Å²) in [6.07, 6.45) is 3.51. The van der Waals surface area contributed by atoms with Gasteiger partial charge in [-0.2, -0.15) is 0 Å². The fourth-order valence-corrected chi connectivity index (χ4v) is 4.84. The lowest BCUT2D eigenvalue weighted by atomic mass is 10.0. The number of rotatable bonds is 4. The van der Waals surface area contributed by atoms with Crippen molar-refractivity contribution in [1.29, 1.82) is 0 Å². The molecule has 0 saturated carbocycles. The first-order valence-corrected chi connectivity index (χ1v) is 9.55. The largest absolute Gasteiger partial charge is 0.467 e. The van der Waals surface area contributed by atoms with E-state index >= 15 is 0 Å². The number of furan rings is 1. The van der Waals surface area contributed by atoms with Crippen LogP contribution in [0.5, 0.6) is 0 Å². The van der Waals surface area contributed by atoms with Crippen LogP contribution in [0.4, 0.5) is 0 Å². The highest BCUT2D eigenvalue weighted by molar-refractivity contribution is 9.10. The van der Waals surface area contributed by atoms with E-state index in [2.05, 4.69) is 42.6 Å². The lowest BCUT2D eigenvalue weighted by Gasteiger charge is -2.26. The van der Waals surface area contributed by atoms with Gasteiger partial charge in [0.25, 0.3) is 0 Å². The number of thiophene rings is 1. The summed E-state index contributed by atoms with van der Waals surface area (Å²) in [5.41, 5.74) is 0.983. The zero-order valence-corrected chi connectivity index (χ0v) is 15.8. The average Bonchev–Trinajstić information content (AvgIpc) is 3.31. The van der Waals surface area contributed by atoms with Crippen LogP contribution >= 0.6 is 39.5 Å². The van der Waals surface area contributed by atoms with Crippen molar-refractivity contribution in [2.24, 2.45) is 0 Å². The molecule has 4 heterocycles. The molecule has 1 aliphatic heterocycles. The van der Waals surface area contributed by atoms with Gasteiger partial charge in [0.15, 0.2) is 5.11 Å². The van der Waals surface area contributed by atoms with Gasteiger partial charge in [0.2, 0.25) is 0 Å². The average molecular weight is 420 g/mol. The summed E-state index contributed by atoms with van der Waals surface area (Å²) in [4.78, 5) is 7.94. The number of nitrogens with one attached hydrogen (secondary N) is 1. The van der Waals surface area contributed by atoms with Gasteiger partial charge in [-0.25, -0.2) is 0 Å². The minimum absolute atomic E-state index is 0.0132. The van der Waals surface area contributed by atoms with Crippen molar-refractivity contribution in [3.63, 3.8) is 0 Å². The fourth-order valence-electron chi connectivity index (χ4n) is 2.94. The van der Waals surface area contributed by atoms with E-state index in [1.165, 1.54) is 4.88 Å². The minimum atomic E-state index is 0.0132. The summed E-state index contributed by atoms with van der Waals surface area (Å²) in [6, 6.07) is 12.1. The molecule has 122 valence electrons. The quantitative estimate of drug-likeness (QED) is 0.622. The molecule has 0 amide bonds. The number of halogens is 1. The van der Waals surface area contributed by atoms with Gasteiger partial charge in [-0.3, -0.25) is 4.98 Å². The molecule has 1 fully saturated rings. The third-order valence-electron chi connectivity index (χ3n) is 3.98. The second kappa shape index (κ2) is 6.66. The Labute approximate surface area is 157 Å². The highest BCUT2D eigenvalue weighted by Crippen LogP contribution is 2.42. The Kier molecular flexibility index (Phi) is 4.39. The van der Waals surface area contributed by atoms with E-state index in [0.717, 1.165) is 21.0 Å². The predicted molar refractivity (Wildman–Crippen MR) is 102 cm³/mol. The summed E-state index contributed by atoms with van der Waals surface area (Å²) >= 11 is 10.9. The van der Waals surface area contributed by atoms with Crippen LogP contribution in [-0.2, 0) is 6.54 Å². The van der Waals surface area contributed by atoms with Crippen molar-refractivity contribution in [2.75, 3.05) is 0 Å². The van der Waals surface area contributed by atoms with E-state index in [0.29, 0.717) is 6.54 Å². The molecule has 1 saturated heterocycles. The topological polar surface area (TPSA) is 41.3 Å². The van der Waals surface area contributed by atoms with Crippen LogP contribution in [0.25, 0.3) is 0 Å². The van der Waals surface area contributed by atoms with Gasteiger partial charge in [0.1, 0.15) is 5.76 Å². The summed E-state index contributed by atoms with van der Waals surface area (Å²) in [5, 5.41) is 6.25. The Morgan fingerprint density at radius 1 is 1.33 bits per heavy atom. The van der Waals surface area contributed by atoms with Crippen molar-refractivity contribution in [3.05, 3.63) is 75.0 Å². The first kappa shape index (κ1) is 15.8. The molecule has 7 heteroatoms. The second-order valence-electron chi connectivity index (χ2n) is 5.50. The van der Waals surface area contributed by atoms with Crippen LogP contribution in [0.3, 0.4) is 0 Å². The van der Waals surface area contributed by atoms with E-state index in [-0.39, 0.29) is 12.1 Å². The van der Waals surface area contributed by atoms with E-state index in [1.54, 1.807) is 17.6 Å². The molecule has 0 aliphatic carbocycles. The van der Waals surface area contributed by atoms with Gasteiger partial charge in [-0.05, 0) is 58.5 Å². The highest BCUT2D eigenvalue weighted by atomic mass is 79.9. The van der Waals surface area contributed by atoms with Crippen LogP contribution < -0.4 is 5.32 Å². The molecular weight excluding hydrogens is 406 g/mol. The van der Waals surface area contributed by atoms with E-state index in [4.69, 9.17) is 16.6 Å². The lowest BCUT2D eigenvalue weighted by Crippen LogP contribution is -2.28. The maximum atomic E-state index is 5.61. The molecule has 4 nitrogen and oxygen atoms in total. The summed E-state index contributed by atoms with van der Waals surface area (Å²) < 4.78 is 6.61. The first-order valence-electron chi connectivity index (χ1n) is 7.47. The Hall–Kier alpha value is -1.70. The molecule has 3 aromatic heterocycles. The fraction of sp³-hybridized carbons (Fsp3) is 0.176. The summed E-state index contributed by atoms with van der Waals surface area (Å²) in [7, 11) is 0. The van der Waals surface area contributed by atoms with Gasteiger partial charge >= 0.3 is 0 Å². The zero-order valence-electron chi connectivity index (χ0n) is 12.6. The molecule has 0 aromatic carbocycles. The molecular formula is C17H14BrN3OS2. The molecule has 24 heavy (non-hydrogen) atoms. The molecule has 4 rings (SSSR count). The monoisotopic (exact) mass is 419 g/mol. The summed E-state index contributed by atoms with van der Waals surface area (Å²) in [6.45, 7) is 0.627. The van der Waals surface area contributed by atoms with Crippen LogP contribution in [0.1, 0.15) is 28.4 Å². The van der Waals surface area contributed by atoms with Crippen molar-refractivity contribution in [2.45, 2.75) is 18.6 Å². The smallest absolute Gasteiger partial charge is 0.170 e. The highest BCUT2D eigenvalue weighted by Gasteiger charge is 2.40. The molecule has 0 bridgehead atoms. The number of pyridine rings is 1. The van der Waals surface area contributed by atoms with E-state index < -0.39 is 0 Å². The third-order valence-corrected chi connectivity index (χ3v) is 6.10. The van der Waals surface area contributed by atoms with Gasteiger partial charge in [0, 0.05) is 20.9 Å². The maximum Gasteiger partial charge on any atom is 0.170 e. The van der Waals surface area contributed by atoms with E-state index in [9.17, 15) is 0 Å². The van der Waals surface area contributed by atoms with Crippen LogP contribution in [0.15, 0.2) is 63.1 Å². The molecule has 2 atom stereocenters. The normalized spacial score (nSPS) is 20.4. The van der Waals surface area contributed by atoms with Crippen LogP contribution in [0.2, 0.25) is 0 Å². The summed E-state index contributed by atoms with van der Waals surface area (Å²) in [5.74, 6) is 0.890. The van der Waals surface area contributed by atoms with Crippen molar-refractivity contribution in [3.8, 4) is 0 Å². The zero-order chi connectivity index (χ0) is 16.5. The Morgan fingerprint density at radius 2 is 2.25 bits per heavy atom. The van der Waals surface area contributed by atoms with Gasteiger partial charge in [-0.15, -0.1) is 11.3 Å². The standard InChI is InChI=1S/C17H14BrN3OS2/c18-11-8-14(24-10-11)16-15(13-5-1-2-6-19-13)20-17(23)21(16)9-12-4-3-7-22-12/h1-8,10,15-16H,9H2,(H,20,23)/t15-,16-/m0/s1. The number of hydrogen-bond acceptors (Lipinski definition) is 4. The van der Waals surface area contributed by atoms with Crippen LogP contribution in [-0.4, -0.2) is 15.0 Å². The van der Waals surface area contributed by atoms with Gasteiger partial charge in [0.05, 0.1) is 30.6 Å². The maximum absolute atomic E-state index is 5.61. The van der Waals surface area contributed by atoms with Crippen molar-refractivity contribution < 1.29 is 4.42 Å². The Bertz CT molecular complexity index is 835.